The molecule has 1 aromatic rings. The number of pyridine rings is 1. The number of nitrogens with zero attached hydrogens (tertiary/aromatic N) is 1. The van der Waals surface area contributed by atoms with Gasteiger partial charge >= 0.3 is 5.97 Å². The topological polar surface area (TPSA) is 79.3 Å². The van der Waals surface area contributed by atoms with Crippen molar-refractivity contribution in [2.24, 2.45) is 17.3 Å². The van der Waals surface area contributed by atoms with Crippen molar-refractivity contribution < 1.29 is 19.1 Å². The van der Waals surface area contributed by atoms with Gasteiger partial charge in [0.05, 0.1) is 23.7 Å². The minimum atomic E-state index is -0.975. The summed E-state index contributed by atoms with van der Waals surface area (Å²) < 4.78 is 12.6. The van der Waals surface area contributed by atoms with Crippen molar-refractivity contribution in [3.63, 3.8) is 0 Å². The van der Waals surface area contributed by atoms with Gasteiger partial charge < -0.3 is 10.4 Å². The first-order valence-corrected chi connectivity index (χ1v) is 5.49. The molecule has 0 aliphatic heterocycles. The van der Waals surface area contributed by atoms with Crippen LogP contribution in [0.2, 0.25) is 0 Å². The summed E-state index contributed by atoms with van der Waals surface area (Å²) in [5, 5.41) is 11.5. The molecule has 2 N–H and O–H groups in total. The molecule has 0 spiro atoms. The van der Waals surface area contributed by atoms with Gasteiger partial charge in [0.2, 0.25) is 11.9 Å². The molecule has 1 amide bonds. The number of rotatable bonds is 3. The third-order valence-electron chi connectivity index (χ3n) is 3.37. The standard InChI is InChI=1S/C12H13FN2O3/c1-12(2)8(9(12)11(17)18)10(16)15-6-3-4-7(13)14-5-6/h3-5,8-9H,1-2H3,(H,15,16)(H,17,18)/t8-,9+/m1/s1. The van der Waals surface area contributed by atoms with Crippen molar-refractivity contribution >= 4 is 17.6 Å². The van der Waals surface area contributed by atoms with Crippen molar-refractivity contribution in [1.29, 1.82) is 0 Å². The van der Waals surface area contributed by atoms with Crippen molar-refractivity contribution in [3.8, 4) is 0 Å². The molecule has 0 saturated heterocycles. The third-order valence-corrected chi connectivity index (χ3v) is 3.37. The highest BCUT2D eigenvalue weighted by atomic mass is 19.1. The number of carboxylic acid groups (broad SMARTS) is 1. The molecular formula is C12H13FN2O3. The Morgan fingerprint density at radius 3 is 2.50 bits per heavy atom. The van der Waals surface area contributed by atoms with Crippen LogP contribution in [-0.2, 0) is 9.59 Å². The Bertz CT molecular complexity index is 499. The summed E-state index contributed by atoms with van der Waals surface area (Å²) in [4.78, 5) is 26.2. The van der Waals surface area contributed by atoms with Gasteiger partial charge in [-0.2, -0.15) is 4.39 Å². The molecule has 2 rings (SSSR count). The normalized spacial score (nSPS) is 24.4. The number of anilines is 1. The van der Waals surface area contributed by atoms with Crippen molar-refractivity contribution in [1.82, 2.24) is 4.98 Å². The highest BCUT2D eigenvalue weighted by Crippen LogP contribution is 2.58. The summed E-state index contributed by atoms with van der Waals surface area (Å²) in [6.07, 6.45) is 1.19. The van der Waals surface area contributed by atoms with Gasteiger partial charge in [-0.15, -0.1) is 0 Å². The number of amides is 1. The van der Waals surface area contributed by atoms with E-state index in [1.165, 1.54) is 12.3 Å². The molecule has 0 aromatic carbocycles. The molecule has 1 aliphatic carbocycles. The van der Waals surface area contributed by atoms with E-state index in [1.54, 1.807) is 13.8 Å². The van der Waals surface area contributed by atoms with Gasteiger partial charge in [-0.05, 0) is 17.5 Å². The lowest BCUT2D eigenvalue weighted by Gasteiger charge is -2.05. The Morgan fingerprint density at radius 1 is 1.39 bits per heavy atom. The first-order chi connectivity index (χ1) is 8.34. The third kappa shape index (κ3) is 2.05. The zero-order valence-electron chi connectivity index (χ0n) is 9.98. The lowest BCUT2D eigenvalue weighted by molar-refractivity contribution is -0.140. The summed E-state index contributed by atoms with van der Waals surface area (Å²) in [6.45, 7) is 3.47. The maximum absolute atomic E-state index is 12.6. The molecule has 0 radical (unpaired) electrons. The van der Waals surface area contributed by atoms with E-state index in [2.05, 4.69) is 10.3 Å². The smallest absolute Gasteiger partial charge is 0.307 e. The Balaban J connectivity index is 2.06. The van der Waals surface area contributed by atoms with Crippen LogP contribution in [-0.4, -0.2) is 22.0 Å². The number of carbonyl (C=O) groups is 2. The zero-order valence-corrected chi connectivity index (χ0v) is 9.98. The van der Waals surface area contributed by atoms with Crippen LogP contribution in [0.1, 0.15) is 13.8 Å². The Hall–Kier alpha value is -1.98. The maximum Gasteiger partial charge on any atom is 0.307 e. The predicted molar refractivity (Wildman–Crippen MR) is 61.2 cm³/mol. The molecule has 1 fully saturated rings. The number of nitrogens with one attached hydrogen (secondary N) is 1. The molecular weight excluding hydrogens is 239 g/mol. The van der Waals surface area contributed by atoms with E-state index in [0.29, 0.717) is 5.69 Å². The average molecular weight is 252 g/mol. The van der Waals surface area contributed by atoms with Gasteiger partial charge in [0, 0.05) is 0 Å². The van der Waals surface area contributed by atoms with E-state index in [1.807, 2.05) is 0 Å². The van der Waals surface area contributed by atoms with E-state index in [4.69, 9.17) is 5.11 Å². The Morgan fingerprint density at radius 2 is 2.06 bits per heavy atom. The van der Waals surface area contributed by atoms with Crippen LogP contribution in [0.3, 0.4) is 0 Å². The van der Waals surface area contributed by atoms with E-state index < -0.39 is 29.2 Å². The largest absolute Gasteiger partial charge is 0.481 e. The average Bonchev–Trinajstić information content (AvgIpc) is 2.85. The molecule has 1 heterocycles. The van der Waals surface area contributed by atoms with Gasteiger partial charge in [-0.25, -0.2) is 4.98 Å². The van der Waals surface area contributed by atoms with E-state index >= 15 is 0 Å². The zero-order chi connectivity index (χ0) is 13.5. The van der Waals surface area contributed by atoms with Gasteiger partial charge in [0.1, 0.15) is 0 Å². The molecule has 1 aliphatic rings. The van der Waals surface area contributed by atoms with Crippen LogP contribution in [0.5, 0.6) is 0 Å². The molecule has 1 aromatic heterocycles. The summed E-state index contributed by atoms with van der Waals surface area (Å²) in [5.41, 5.74) is -0.197. The van der Waals surface area contributed by atoms with Crippen LogP contribution in [0.4, 0.5) is 10.1 Å². The number of hydrogen-bond donors (Lipinski definition) is 2. The number of halogens is 1. The number of hydrogen-bond acceptors (Lipinski definition) is 3. The molecule has 5 nitrogen and oxygen atoms in total. The van der Waals surface area contributed by atoms with E-state index in [9.17, 15) is 14.0 Å². The Kier molecular flexibility index (Phi) is 2.80. The van der Waals surface area contributed by atoms with Crippen LogP contribution < -0.4 is 5.32 Å². The van der Waals surface area contributed by atoms with Gasteiger partial charge in [-0.3, -0.25) is 9.59 Å². The number of aromatic nitrogens is 1. The van der Waals surface area contributed by atoms with E-state index in [0.717, 1.165) is 6.07 Å². The highest BCUT2D eigenvalue weighted by molar-refractivity contribution is 5.99. The minimum absolute atomic E-state index is 0.355. The summed E-state index contributed by atoms with van der Waals surface area (Å²) >= 11 is 0. The van der Waals surface area contributed by atoms with Crippen molar-refractivity contribution in [2.45, 2.75) is 13.8 Å². The maximum atomic E-state index is 12.6. The minimum Gasteiger partial charge on any atom is -0.481 e. The predicted octanol–water partition coefficient (Wildman–Crippen LogP) is 1.52. The Labute approximate surface area is 103 Å². The lowest BCUT2D eigenvalue weighted by Crippen LogP contribution is -2.17. The van der Waals surface area contributed by atoms with Crippen molar-refractivity contribution in [2.75, 3.05) is 5.32 Å². The highest BCUT2D eigenvalue weighted by Gasteiger charge is 2.65. The molecule has 18 heavy (non-hydrogen) atoms. The lowest BCUT2D eigenvalue weighted by atomic mass is 10.1. The van der Waals surface area contributed by atoms with Gasteiger partial charge in [-0.1, -0.05) is 13.8 Å². The molecule has 2 atom stereocenters. The van der Waals surface area contributed by atoms with Gasteiger partial charge in [0.15, 0.2) is 0 Å². The molecule has 96 valence electrons. The monoisotopic (exact) mass is 252 g/mol. The number of carbonyl (C=O) groups excluding carboxylic acids is 1. The van der Waals surface area contributed by atoms with Gasteiger partial charge in [0.25, 0.3) is 0 Å². The fraction of sp³-hybridized carbons (Fsp3) is 0.417. The number of carboxylic acids is 1. The molecule has 1 saturated carbocycles. The summed E-state index contributed by atoms with van der Waals surface area (Å²) in [7, 11) is 0. The SMILES string of the molecule is CC1(C)[C@H](C(=O)O)[C@@H]1C(=O)Nc1ccc(F)nc1. The first kappa shape index (κ1) is 12.5. The molecule has 6 heteroatoms. The molecule has 0 unspecified atom stereocenters. The van der Waals surface area contributed by atoms with Crippen LogP contribution in [0, 0.1) is 23.2 Å². The summed E-state index contributed by atoms with van der Waals surface area (Å²) in [5.74, 6) is -3.23. The second kappa shape index (κ2) is 4.04. The van der Waals surface area contributed by atoms with Crippen molar-refractivity contribution in [3.05, 3.63) is 24.3 Å². The fourth-order valence-electron chi connectivity index (χ4n) is 2.26. The fourth-order valence-corrected chi connectivity index (χ4v) is 2.26. The van der Waals surface area contributed by atoms with Crippen LogP contribution >= 0.6 is 0 Å². The second-order valence-electron chi connectivity index (χ2n) is 4.97. The van der Waals surface area contributed by atoms with Crippen LogP contribution in [0.25, 0.3) is 0 Å². The quantitative estimate of drug-likeness (QED) is 0.799. The first-order valence-electron chi connectivity index (χ1n) is 5.49. The second-order valence-corrected chi connectivity index (χ2v) is 4.97. The number of aliphatic carboxylic acids is 1. The van der Waals surface area contributed by atoms with Crippen LogP contribution in [0.15, 0.2) is 18.3 Å². The summed E-state index contributed by atoms with van der Waals surface area (Å²) in [6, 6.07) is 2.51. The van der Waals surface area contributed by atoms with E-state index in [-0.39, 0.29) is 5.91 Å². The molecule has 0 bridgehead atoms.